The van der Waals surface area contributed by atoms with Crippen molar-refractivity contribution in [2.75, 3.05) is 13.6 Å². The van der Waals surface area contributed by atoms with Gasteiger partial charge in [0, 0.05) is 18.3 Å². The fraction of sp³-hybridized carbons (Fsp3) is 0.222. The Morgan fingerprint density at radius 1 is 1.14 bits per heavy atom. The SMILES string of the molecule is CNC[C@H](O)[C@H](c1cccc(F)c1)n1ccc2ccccc21. The number of aliphatic hydroxyl groups is 1. The van der Waals surface area contributed by atoms with Gasteiger partial charge in [0.1, 0.15) is 5.82 Å². The number of halogens is 1. The minimum absolute atomic E-state index is 0.296. The minimum atomic E-state index is -0.664. The molecule has 2 atom stereocenters. The van der Waals surface area contributed by atoms with E-state index in [1.54, 1.807) is 13.1 Å². The van der Waals surface area contributed by atoms with Crippen molar-refractivity contribution >= 4 is 10.9 Å². The Morgan fingerprint density at radius 2 is 1.95 bits per heavy atom. The maximum absolute atomic E-state index is 13.6. The number of benzene rings is 2. The fourth-order valence-corrected chi connectivity index (χ4v) is 2.93. The van der Waals surface area contributed by atoms with Gasteiger partial charge in [-0.1, -0.05) is 30.3 Å². The lowest BCUT2D eigenvalue weighted by molar-refractivity contribution is 0.132. The second-order valence-corrected chi connectivity index (χ2v) is 5.41. The van der Waals surface area contributed by atoms with Crippen molar-refractivity contribution in [3.05, 3.63) is 72.2 Å². The van der Waals surface area contributed by atoms with Gasteiger partial charge >= 0.3 is 0 Å². The monoisotopic (exact) mass is 298 g/mol. The third-order valence-corrected chi connectivity index (χ3v) is 3.90. The first kappa shape index (κ1) is 14.8. The highest BCUT2D eigenvalue weighted by atomic mass is 19.1. The normalized spacial score (nSPS) is 14.1. The number of hydrogen-bond acceptors (Lipinski definition) is 2. The quantitative estimate of drug-likeness (QED) is 0.760. The Labute approximate surface area is 129 Å². The van der Waals surface area contributed by atoms with Crippen LogP contribution in [0.5, 0.6) is 0 Å². The first-order chi connectivity index (χ1) is 10.7. The van der Waals surface area contributed by atoms with Gasteiger partial charge in [0.05, 0.1) is 12.1 Å². The van der Waals surface area contributed by atoms with Crippen molar-refractivity contribution in [3.63, 3.8) is 0 Å². The number of aromatic nitrogens is 1. The number of likely N-dealkylation sites (N-methyl/N-ethyl adjacent to an activating group) is 1. The number of hydrogen-bond donors (Lipinski definition) is 2. The summed E-state index contributed by atoms with van der Waals surface area (Å²) < 4.78 is 15.6. The molecule has 1 aromatic heterocycles. The number of rotatable bonds is 5. The number of fused-ring (bicyclic) bond motifs is 1. The van der Waals surface area contributed by atoms with Gasteiger partial charge in [0.2, 0.25) is 0 Å². The second kappa shape index (κ2) is 6.30. The van der Waals surface area contributed by atoms with Crippen molar-refractivity contribution in [2.24, 2.45) is 0 Å². The highest BCUT2D eigenvalue weighted by Gasteiger charge is 2.23. The van der Waals surface area contributed by atoms with Gasteiger partial charge in [-0.2, -0.15) is 0 Å². The Bertz CT molecular complexity index is 768. The molecule has 2 N–H and O–H groups in total. The third-order valence-electron chi connectivity index (χ3n) is 3.90. The summed E-state index contributed by atoms with van der Waals surface area (Å²) >= 11 is 0. The van der Waals surface area contributed by atoms with Crippen molar-refractivity contribution in [2.45, 2.75) is 12.1 Å². The van der Waals surface area contributed by atoms with Gasteiger partial charge in [0.25, 0.3) is 0 Å². The van der Waals surface area contributed by atoms with E-state index >= 15 is 0 Å². The molecule has 2 aromatic carbocycles. The van der Waals surface area contributed by atoms with Gasteiger partial charge in [-0.05, 0) is 42.3 Å². The van der Waals surface area contributed by atoms with Crippen LogP contribution in [0.3, 0.4) is 0 Å². The summed E-state index contributed by atoms with van der Waals surface area (Å²) in [5, 5.41) is 14.7. The van der Waals surface area contributed by atoms with Crippen LogP contribution in [0, 0.1) is 5.82 Å². The van der Waals surface area contributed by atoms with Crippen LogP contribution in [0.15, 0.2) is 60.8 Å². The van der Waals surface area contributed by atoms with Crippen LogP contribution in [-0.2, 0) is 0 Å². The smallest absolute Gasteiger partial charge is 0.123 e. The third kappa shape index (κ3) is 2.75. The van der Waals surface area contributed by atoms with E-state index in [1.807, 2.05) is 47.2 Å². The van der Waals surface area contributed by atoms with E-state index in [9.17, 15) is 9.50 Å². The Balaban J connectivity index is 2.13. The summed E-state index contributed by atoms with van der Waals surface area (Å²) in [6.45, 7) is 0.424. The largest absolute Gasteiger partial charge is 0.389 e. The van der Waals surface area contributed by atoms with E-state index < -0.39 is 6.10 Å². The molecule has 4 heteroatoms. The topological polar surface area (TPSA) is 37.2 Å². The predicted molar refractivity (Wildman–Crippen MR) is 86.4 cm³/mol. The van der Waals surface area contributed by atoms with E-state index in [4.69, 9.17) is 0 Å². The minimum Gasteiger partial charge on any atom is -0.389 e. The van der Waals surface area contributed by atoms with Crippen LogP contribution in [0.2, 0.25) is 0 Å². The fourth-order valence-electron chi connectivity index (χ4n) is 2.93. The van der Waals surface area contributed by atoms with Gasteiger partial charge in [-0.15, -0.1) is 0 Å². The van der Waals surface area contributed by atoms with Gasteiger partial charge < -0.3 is 15.0 Å². The maximum atomic E-state index is 13.6. The molecule has 3 rings (SSSR count). The van der Waals surface area contributed by atoms with Crippen molar-refractivity contribution < 1.29 is 9.50 Å². The first-order valence-electron chi connectivity index (χ1n) is 7.34. The summed E-state index contributed by atoms with van der Waals surface area (Å²) in [5.41, 5.74) is 1.77. The Kier molecular flexibility index (Phi) is 4.22. The summed E-state index contributed by atoms with van der Waals surface area (Å²) in [7, 11) is 1.79. The summed E-state index contributed by atoms with van der Waals surface area (Å²) in [6.07, 6.45) is 1.28. The molecule has 0 aliphatic rings. The number of para-hydroxylation sites is 1. The lowest BCUT2D eigenvalue weighted by Gasteiger charge is -2.26. The number of nitrogens with zero attached hydrogens (tertiary/aromatic N) is 1. The highest BCUT2D eigenvalue weighted by Crippen LogP contribution is 2.28. The van der Waals surface area contributed by atoms with Gasteiger partial charge in [-0.25, -0.2) is 4.39 Å². The second-order valence-electron chi connectivity index (χ2n) is 5.41. The van der Waals surface area contributed by atoms with Gasteiger partial charge in [-0.3, -0.25) is 0 Å². The van der Waals surface area contributed by atoms with Crippen LogP contribution in [-0.4, -0.2) is 29.4 Å². The van der Waals surface area contributed by atoms with Crippen LogP contribution in [0.25, 0.3) is 10.9 Å². The molecule has 114 valence electrons. The molecule has 0 bridgehead atoms. The van der Waals surface area contributed by atoms with Crippen LogP contribution in [0.4, 0.5) is 4.39 Å². The maximum Gasteiger partial charge on any atom is 0.123 e. The molecule has 0 radical (unpaired) electrons. The molecule has 3 aromatic rings. The first-order valence-corrected chi connectivity index (χ1v) is 7.34. The summed E-state index contributed by atoms with van der Waals surface area (Å²) in [5.74, 6) is -0.296. The molecule has 0 fully saturated rings. The number of aliphatic hydroxyl groups excluding tert-OH is 1. The van der Waals surface area contributed by atoms with E-state index in [0.717, 1.165) is 16.5 Å². The average molecular weight is 298 g/mol. The zero-order valence-corrected chi connectivity index (χ0v) is 12.4. The Hall–Kier alpha value is -2.17. The van der Waals surface area contributed by atoms with Crippen molar-refractivity contribution in [3.8, 4) is 0 Å². The van der Waals surface area contributed by atoms with Crippen LogP contribution in [0.1, 0.15) is 11.6 Å². The molecule has 0 spiro atoms. The van der Waals surface area contributed by atoms with Crippen molar-refractivity contribution in [1.82, 2.24) is 9.88 Å². The van der Waals surface area contributed by atoms with Crippen molar-refractivity contribution in [1.29, 1.82) is 0 Å². The van der Waals surface area contributed by atoms with E-state index in [0.29, 0.717) is 6.54 Å². The lowest BCUT2D eigenvalue weighted by Crippen LogP contribution is -2.33. The zero-order valence-electron chi connectivity index (χ0n) is 12.4. The molecule has 3 nitrogen and oxygen atoms in total. The van der Waals surface area contributed by atoms with Crippen LogP contribution >= 0.6 is 0 Å². The molecule has 0 saturated heterocycles. The average Bonchev–Trinajstić information content (AvgIpc) is 2.92. The summed E-state index contributed by atoms with van der Waals surface area (Å²) in [6, 6.07) is 16.1. The molecule has 0 aliphatic carbocycles. The molecule has 1 heterocycles. The molecular weight excluding hydrogens is 279 g/mol. The molecule has 22 heavy (non-hydrogen) atoms. The number of nitrogens with one attached hydrogen (secondary N) is 1. The summed E-state index contributed by atoms with van der Waals surface area (Å²) in [4.78, 5) is 0. The molecule has 0 amide bonds. The lowest BCUT2D eigenvalue weighted by atomic mass is 10.0. The zero-order chi connectivity index (χ0) is 15.5. The Morgan fingerprint density at radius 3 is 2.73 bits per heavy atom. The standard InChI is InChI=1S/C18H19FN2O/c1-20-12-17(22)18(14-6-4-7-15(19)11-14)21-10-9-13-5-2-3-8-16(13)21/h2-11,17-18,20,22H,12H2,1H3/t17-,18-/m0/s1. The highest BCUT2D eigenvalue weighted by molar-refractivity contribution is 5.80. The van der Waals surface area contributed by atoms with E-state index in [2.05, 4.69) is 5.32 Å². The molecular formula is C18H19FN2O. The van der Waals surface area contributed by atoms with Crippen LogP contribution < -0.4 is 5.32 Å². The van der Waals surface area contributed by atoms with Gasteiger partial charge in [0.15, 0.2) is 0 Å². The molecule has 0 saturated carbocycles. The predicted octanol–water partition coefficient (Wildman–Crippen LogP) is 2.95. The molecule has 0 aliphatic heterocycles. The van der Waals surface area contributed by atoms with E-state index in [-0.39, 0.29) is 11.9 Å². The molecule has 0 unspecified atom stereocenters. The van der Waals surface area contributed by atoms with E-state index in [1.165, 1.54) is 12.1 Å².